The van der Waals surface area contributed by atoms with Gasteiger partial charge in [0.05, 0.1) is 6.61 Å². The summed E-state index contributed by atoms with van der Waals surface area (Å²) in [7, 11) is 0. The molecule has 2 aromatic carbocycles. The van der Waals surface area contributed by atoms with Gasteiger partial charge in [-0.15, -0.1) is 36.3 Å². The first-order chi connectivity index (χ1) is 15.6. The van der Waals surface area contributed by atoms with Crippen LogP contribution < -0.4 is 9.47 Å². The number of ether oxygens (including phenoxy) is 3. The largest absolute Gasteiger partial charge is 0.573 e. The molecule has 0 atom stereocenters. The first-order valence-corrected chi connectivity index (χ1v) is 11.9. The molecule has 0 aliphatic heterocycles. The van der Waals surface area contributed by atoms with Crippen molar-refractivity contribution in [1.29, 1.82) is 0 Å². The van der Waals surface area contributed by atoms with Crippen LogP contribution in [0.15, 0.2) is 53.4 Å². The maximum Gasteiger partial charge on any atom is 0.573 e. The van der Waals surface area contributed by atoms with Gasteiger partial charge in [-0.05, 0) is 86.0 Å². The minimum absolute atomic E-state index is 0.123. The fourth-order valence-electron chi connectivity index (χ4n) is 2.99. The van der Waals surface area contributed by atoms with E-state index in [2.05, 4.69) is 4.74 Å². The summed E-state index contributed by atoms with van der Waals surface area (Å²) in [5.41, 5.74) is 2.89. The number of thioether (sulfide) groups is 1. The molecule has 3 rings (SSSR count). The Labute approximate surface area is 198 Å². The highest BCUT2D eigenvalue weighted by molar-refractivity contribution is 7.98. The number of carbonyl (C=O) groups is 1. The summed E-state index contributed by atoms with van der Waals surface area (Å²) >= 11 is 3.29. The number of aryl methyl sites for hydroxylation is 2. The van der Waals surface area contributed by atoms with Gasteiger partial charge < -0.3 is 14.2 Å². The minimum atomic E-state index is -4.70. The lowest BCUT2D eigenvalue weighted by Crippen LogP contribution is -2.16. The van der Waals surface area contributed by atoms with E-state index >= 15 is 0 Å². The average molecular weight is 497 g/mol. The Hall–Kier alpha value is -2.65. The summed E-state index contributed by atoms with van der Waals surface area (Å²) in [6.45, 7) is 5.89. The molecule has 0 radical (unpaired) electrons. The SMILES string of the molecule is CCOC(=O)COc1ccc(SCc2sc(-c3ccc(OC(F)(F)F)cc3)cc2C)cc1C. The summed E-state index contributed by atoms with van der Waals surface area (Å²) in [6.07, 6.45) is -4.70. The van der Waals surface area contributed by atoms with E-state index in [1.165, 1.54) is 17.0 Å². The molecule has 1 aromatic heterocycles. The molecule has 0 amide bonds. The van der Waals surface area contributed by atoms with Crippen molar-refractivity contribution in [3.63, 3.8) is 0 Å². The number of halogens is 3. The van der Waals surface area contributed by atoms with E-state index in [1.807, 2.05) is 38.1 Å². The normalized spacial score (nSPS) is 11.3. The second-order valence-electron chi connectivity index (χ2n) is 7.10. The molecule has 0 fully saturated rings. The molecule has 3 aromatic rings. The highest BCUT2D eigenvalue weighted by Gasteiger charge is 2.31. The molecule has 33 heavy (non-hydrogen) atoms. The van der Waals surface area contributed by atoms with Crippen LogP contribution in [-0.4, -0.2) is 25.5 Å². The quantitative estimate of drug-likeness (QED) is 0.232. The van der Waals surface area contributed by atoms with E-state index in [1.54, 1.807) is 42.2 Å². The number of rotatable bonds is 9. The summed E-state index contributed by atoms with van der Waals surface area (Å²) in [6, 6.07) is 13.7. The van der Waals surface area contributed by atoms with Gasteiger partial charge in [0.2, 0.25) is 0 Å². The van der Waals surface area contributed by atoms with Crippen molar-refractivity contribution >= 4 is 29.1 Å². The molecule has 0 saturated heterocycles. The highest BCUT2D eigenvalue weighted by Crippen LogP contribution is 2.37. The van der Waals surface area contributed by atoms with Crippen LogP contribution in [0.25, 0.3) is 10.4 Å². The van der Waals surface area contributed by atoms with E-state index in [-0.39, 0.29) is 12.4 Å². The molecule has 4 nitrogen and oxygen atoms in total. The number of hydrogen-bond acceptors (Lipinski definition) is 6. The molecule has 0 unspecified atom stereocenters. The molecule has 0 spiro atoms. The van der Waals surface area contributed by atoms with Gasteiger partial charge in [-0.3, -0.25) is 0 Å². The Morgan fingerprint density at radius 1 is 1.03 bits per heavy atom. The van der Waals surface area contributed by atoms with Crippen LogP contribution in [0, 0.1) is 13.8 Å². The first-order valence-electron chi connectivity index (χ1n) is 10.1. The zero-order valence-corrected chi connectivity index (χ0v) is 20.0. The minimum Gasteiger partial charge on any atom is -0.482 e. The lowest BCUT2D eigenvalue weighted by molar-refractivity contribution is -0.274. The third-order valence-electron chi connectivity index (χ3n) is 4.56. The Bertz CT molecular complexity index is 1090. The van der Waals surface area contributed by atoms with Crippen molar-refractivity contribution in [2.24, 2.45) is 0 Å². The van der Waals surface area contributed by atoms with Gasteiger partial charge in [0.1, 0.15) is 11.5 Å². The smallest absolute Gasteiger partial charge is 0.482 e. The van der Waals surface area contributed by atoms with Crippen LogP contribution in [0.4, 0.5) is 13.2 Å². The first kappa shape index (κ1) is 25.0. The number of benzene rings is 2. The summed E-state index contributed by atoms with van der Waals surface area (Å²) in [5.74, 6) is 0.760. The lowest BCUT2D eigenvalue weighted by Gasteiger charge is -2.10. The number of alkyl halides is 3. The van der Waals surface area contributed by atoms with E-state index in [0.29, 0.717) is 12.4 Å². The Kier molecular flexibility index (Phi) is 8.31. The van der Waals surface area contributed by atoms with Crippen LogP contribution in [0.5, 0.6) is 11.5 Å². The Balaban J connectivity index is 1.61. The number of thiophene rings is 1. The van der Waals surface area contributed by atoms with Gasteiger partial charge in [0.15, 0.2) is 6.61 Å². The predicted octanol–water partition coefficient (Wildman–Crippen LogP) is 7.16. The molecule has 0 aliphatic rings. The van der Waals surface area contributed by atoms with Gasteiger partial charge in [-0.25, -0.2) is 4.79 Å². The predicted molar refractivity (Wildman–Crippen MR) is 124 cm³/mol. The molecule has 1 heterocycles. The van der Waals surface area contributed by atoms with E-state index in [0.717, 1.165) is 32.2 Å². The fourth-order valence-corrected chi connectivity index (χ4v) is 5.33. The molecule has 0 saturated carbocycles. The van der Waals surface area contributed by atoms with Crippen LogP contribution in [0.3, 0.4) is 0 Å². The summed E-state index contributed by atoms with van der Waals surface area (Å²) in [5, 5.41) is 0. The topological polar surface area (TPSA) is 44.8 Å². The second-order valence-corrected chi connectivity index (χ2v) is 9.28. The average Bonchev–Trinajstić information content (AvgIpc) is 3.11. The molecule has 0 bridgehead atoms. The van der Waals surface area contributed by atoms with Crippen molar-refractivity contribution in [3.8, 4) is 21.9 Å². The highest BCUT2D eigenvalue weighted by atomic mass is 32.2. The zero-order chi connectivity index (χ0) is 24.0. The van der Waals surface area contributed by atoms with Gasteiger partial charge in [0.25, 0.3) is 0 Å². The maximum atomic E-state index is 12.3. The summed E-state index contributed by atoms with van der Waals surface area (Å²) < 4.78 is 51.4. The standard InChI is InChI=1S/C24H23F3O4S2/c1-4-29-23(28)13-30-20-10-9-19(11-15(20)2)32-14-22-16(3)12-21(33-22)17-5-7-18(8-6-17)31-24(25,26)27/h5-12H,4,13-14H2,1-3H3. The van der Waals surface area contributed by atoms with Crippen LogP contribution in [0.1, 0.15) is 22.9 Å². The molecule has 176 valence electrons. The van der Waals surface area contributed by atoms with E-state index < -0.39 is 12.3 Å². The van der Waals surface area contributed by atoms with Crippen molar-refractivity contribution in [2.45, 2.75) is 37.8 Å². The van der Waals surface area contributed by atoms with Crippen LogP contribution in [0.2, 0.25) is 0 Å². The Morgan fingerprint density at radius 2 is 1.76 bits per heavy atom. The molecule has 9 heteroatoms. The van der Waals surface area contributed by atoms with Gasteiger partial charge in [-0.2, -0.15) is 0 Å². The lowest BCUT2D eigenvalue weighted by atomic mass is 10.1. The third kappa shape index (κ3) is 7.43. The number of hydrogen-bond donors (Lipinski definition) is 0. The monoisotopic (exact) mass is 496 g/mol. The van der Waals surface area contributed by atoms with Crippen LogP contribution >= 0.6 is 23.1 Å². The summed E-state index contributed by atoms with van der Waals surface area (Å²) in [4.78, 5) is 14.7. The van der Waals surface area contributed by atoms with Crippen molar-refractivity contribution in [2.75, 3.05) is 13.2 Å². The third-order valence-corrected chi connectivity index (χ3v) is 7.05. The van der Waals surface area contributed by atoms with Crippen molar-refractivity contribution < 1.29 is 32.2 Å². The molecule has 0 N–H and O–H groups in total. The number of carbonyl (C=O) groups excluding carboxylic acids is 1. The number of esters is 1. The maximum absolute atomic E-state index is 12.3. The van der Waals surface area contributed by atoms with Crippen LogP contribution in [-0.2, 0) is 15.3 Å². The second kappa shape index (κ2) is 11.0. The fraction of sp³-hybridized carbons (Fsp3) is 0.292. The zero-order valence-electron chi connectivity index (χ0n) is 18.3. The molecule has 0 aliphatic carbocycles. The van der Waals surface area contributed by atoms with Crippen molar-refractivity contribution in [1.82, 2.24) is 0 Å². The van der Waals surface area contributed by atoms with Gasteiger partial charge in [-0.1, -0.05) is 0 Å². The Morgan fingerprint density at radius 3 is 2.39 bits per heavy atom. The van der Waals surface area contributed by atoms with E-state index in [4.69, 9.17) is 9.47 Å². The van der Waals surface area contributed by atoms with E-state index in [9.17, 15) is 18.0 Å². The molecular formula is C24H23F3O4S2. The van der Waals surface area contributed by atoms with Gasteiger partial charge in [0, 0.05) is 20.4 Å². The molecular weight excluding hydrogens is 473 g/mol. The van der Waals surface area contributed by atoms with Gasteiger partial charge >= 0.3 is 12.3 Å². The van der Waals surface area contributed by atoms with Crippen molar-refractivity contribution in [3.05, 3.63) is 64.5 Å².